The average Bonchev–Trinajstić information content (AvgIpc) is 2.38. The number of carboxylic acid groups (broad SMARTS) is 1. The molecule has 0 atom stereocenters. The van der Waals surface area contributed by atoms with Crippen LogP contribution in [0.5, 0.6) is 0 Å². The summed E-state index contributed by atoms with van der Waals surface area (Å²) >= 11 is 3.36. The molecule has 1 heterocycles. The molecule has 2 N–H and O–H groups in total. The van der Waals surface area contributed by atoms with Crippen LogP contribution in [-0.2, 0) is 6.54 Å². The first-order chi connectivity index (χ1) is 8.66. The fourth-order valence-corrected chi connectivity index (χ4v) is 1.78. The number of carbonyl (C=O) groups is 1. The van der Waals surface area contributed by atoms with E-state index in [0.29, 0.717) is 12.2 Å². The molecule has 0 fully saturated rings. The van der Waals surface area contributed by atoms with E-state index in [9.17, 15) is 4.79 Å². The normalized spacial score (nSPS) is 10.1. The Morgan fingerprint density at radius 3 is 2.67 bits per heavy atom. The van der Waals surface area contributed by atoms with Crippen LogP contribution in [0.1, 0.15) is 16.1 Å². The zero-order chi connectivity index (χ0) is 13.0. The van der Waals surface area contributed by atoms with E-state index in [1.54, 1.807) is 12.1 Å². The van der Waals surface area contributed by atoms with Gasteiger partial charge < -0.3 is 10.4 Å². The second kappa shape index (κ2) is 5.64. The molecule has 0 radical (unpaired) electrons. The van der Waals surface area contributed by atoms with Gasteiger partial charge in [-0.1, -0.05) is 28.1 Å². The summed E-state index contributed by atoms with van der Waals surface area (Å²) in [4.78, 5) is 14.8. The number of anilines is 1. The Balaban J connectivity index is 2.10. The number of nitrogens with zero attached hydrogens (tertiary/aromatic N) is 1. The lowest BCUT2D eigenvalue weighted by Gasteiger charge is -2.08. The number of pyridine rings is 1. The number of nitrogens with one attached hydrogen (secondary N) is 1. The van der Waals surface area contributed by atoms with Gasteiger partial charge in [-0.15, -0.1) is 0 Å². The highest BCUT2D eigenvalue weighted by Gasteiger charge is 2.10. The molecule has 0 bridgehead atoms. The Morgan fingerprint density at radius 2 is 2.00 bits per heavy atom. The van der Waals surface area contributed by atoms with Crippen molar-refractivity contribution in [3.05, 3.63) is 58.3 Å². The summed E-state index contributed by atoms with van der Waals surface area (Å²) in [6, 6.07) is 11.2. The lowest BCUT2D eigenvalue weighted by atomic mass is 10.2. The van der Waals surface area contributed by atoms with Crippen LogP contribution in [0.3, 0.4) is 0 Å². The Hall–Kier alpha value is -1.88. The van der Waals surface area contributed by atoms with Crippen molar-refractivity contribution in [3.63, 3.8) is 0 Å². The van der Waals surface area contributed by atoms with Gasteiger partial charge >= 0.3 is 5.97 Å². The quantitative estimate of drug-likeness (QED) is 0.911. The summed E-state index contributed by atoms with van der Waals surface area (Å²) in [5.41, 5.74) is 1.63. The summed E-state index contributed by atoms with van der Waals surface area (Å²) in [6.45, 7) is 0.555. The van der Waals surface area contributed by atoms with Gasteiger partial charge in [0.15, 0.2) is 5.69 Å². The van der Waals surface area contributed by atoms with Crippen LogP contribution >= 0.6 is 15.9 Å². The molecule has 0 aliphatic carbocycles. The largest absolute Gasteiger partial charge is 0.476 e. The maximum absolute atomic E-state index is 11.0. The first kappa shape index (κ1) is 12.6. The molecule has 5 heteroatoms. The minimum absolute atomic E-state index is 0.0367. The van der Waals surface area contributed by atoms with E-state index in [0.717, 1.165) is 10.0 Å². The number of benzene rings is 1. The molecule has 2 aromatic rings. The minimum atomic E-state index is -1.03. The van der Waals surface area contributed by atoms with Gasteiger partial charge in [-0.2, -0.15) is 0 Å². The van der Waals surface area contributed by atoms with Crippen molar-refractivity contribution in [2.24, 2.45) is 0 Å². The van der Waals surface area contributed by atoms with Gasteiger partial charge in [-0.25, -0.2) is 9.78 Å². The molecule has 1 aromatic heterocycles. The first-order valence-electron chi connectivity index (χ1n) is 5.33. The third kappa shape index (κ3) is 3.07. The van der Waals surface area contributed by atoms with E-state index < -0.39 is 5.97 Å². The molecule has 0 saturated heterocycles. The molecule has 4 nitrogen and oxygen atoms in total. The number of carboxylic acids is 1. The SMILES string of the molecule is O=C(O)c1ncccc1NCc1ccc(Br)cc1. The van der Waals surface area contributed by atoms with Crippen LogP contribution in [0.4, 0.5) is 5.69 Å². The van der Waals surface area contributed by atoms with Gasteiger partial charge in [-0.3, -0.25) is 0 Å². The third-order valence-corrected chi connectivity index (χ3v) is 2.94. The van der Waals surface area contributed by atoms with Crippen LogP contribution in [0.2, 0.25) is 0 Å². The number of hydrogen-bond donors (Lipinski definition) is 2. The summed E-state index contributed by atoms with van der Waals surface area (Å²) in [7, 11) is 0. The Kier molecular flexibility index (Phi) is 3.94. The highest BCUT2D eigenvalue weighted by Crippen LogP contribution is 2.15. The van der Waals surface area contributed by atoms with Crippen LogP contribution in [0, 0.1) is 0 Å². The van der Waals surface area contributed by atoms with Crippen molar-refractivity contribution in [2.75, 3.05) is 5.32 Å². The fourth-order valence-electron chi connectivity index (χ4n) is 1.52. The van der Waals surface area contributed by atoms with Crippen molar-refractivity contribution in [1.29, 1.82) is 0 Å². The third-order valence-electron chi connectivity index (χ3n) is 2.41. The van der Waals surface area contributed by atoms with E-state index in [-0.39, 0.29) is 5.69 Å². The molecular weight excluding hydrogens is 296 g/mol. The summed E-state index contributed by atoms with van der Waals surface area (Å²) in [5, 5.41) is 12.1. The monoisotopic (exact) mass is 306 g/mol. The maximum atomic E-state index is 11.0. The summed E-state index contributed by atoms with van der Waals surface area (Å²) in [5.74, 6) is -1.03. The molecule has 0 saturated carbocycles. The minimum Gasteiger partial charge on any atom is -0.476 e. The number of rotatable bonds is 4. The summed E-state index contributed by atoms with van der Waals surface area (Å²) in [6.07, 6.45) is 1.47. The van der Waals surface area contributed by atoms with Crippen LogP contribution in [-0.4, -0.2) is 16.1 Å². The van der Waals surface area contributed by atoms with Gasteiger partial charge in [0.1, 0.15) is 0 Å². The van der Waals surface area contributed by atoms with Crippen LogP contribution in [0.15, 0.2) is 47.1 Å². The maximum Gasteiger partial charge on any atom is 0.356 e. The van der Waals surface area contributed by atoms with E-state index in [1.165, 1.54) is 6.20 Å². The standard InChI is InChI=1S/C13H11BrN2O2/c14-10-5-3-9(4-6-10)8-16-11-2-1-7-15-12(11)13(17)18/h1-7,16H,8H2,(H,17,18). The molecule has 18 heavy (non-hydrogen) atoms. The van der Waals surface area contributed by atoms with Gasteiger partial charge in [0, 0.05) is 17.2 Å². The van der Waals surface area contributed by atoms with Crippen molar-refractivity contribution in [1.82, 2.24) is 4.98 Å². The molecule has 1 aromatic carbocycles. The molecule has 92 valence electrons. The molecular formula is C13H11BrN2O2. The number of halogens is 1. The van der Waals surface area contributed by atoms with Crippen molar-refractivity contribution >= 4 is 27.6 Å². The molecule has 0 spiro atoms. The zero-order valence-electron chi connectivity index (χ0n) is 9.43. The second-order valence-electron chi connectivity index (χ2n) is 3.68. The van der Waals surface area contributed by atoms with E-state index in [1.807, 2.05) is 24.3 Å². The van der Waals surface area contributed by atoms with Crippen molar-refractivity contribution in [2.45, 2.75) is 6.54 Å². The van der Waals surface area contributed by atoms with Crippen molar-refractivity contribution < 1.29 is 9.90 Å². The number of hydrogen-bond acceptors (Lipinski definition) is 3. The Labute approximate surface area is 113 Å². The van der Waals surface area contributed by atoms with Gasteiger partial charge in [0.25, 0.3) is 0 Å². The second-order valence-corrected chi connectivity index (χ2v) is 4.60. The Morgan fingerprint density at radius 1 is 1.28 bits per heavy atom. The van der Waals surface area contributed by atoms with E-state index in [4.69, 9.17) is 5.11 Å². The predicted molar refractivity (Wildman–Crippen MR) is 72.7 cm³/mol. The molecule has 0 unspecified atom stereocenters. The highest BCUT2D eigenvalue weighted by atomic mass is 79.9. The summed E-state index contributed by atoms with van der Waals surface area (Å²) < 4.78 is 1.01. The zero-order valence-corrected chi connectivity index (χ0v) is 11.0. The molecule has 0 aliphatic heterocycles. The van der Waals surface area contributed by atoms with Crippen molar-refractivity contribution in [3.8, 4) is 0 Å². The molecule has 2 rings (SSSR count). The number of aromatic nitrogens is 1. The first-order valence-corrected chi connectivity index (χ1v) is 6.13. The smallest absolute Gasteiger partial charge is 0.356 e. The lowest BCUT2D eigenvalue weighted by molar-refractivity contribution is 0.0691. The molecule has 0 aliphatic rings. The topological polar surface area (TPSA) is 62.2 Å². The lowest BCUT2D eigenvalue weighted by Crippen LogP contribution is -2.08. The van der Waals surface area contributed by atoms with Crippen LogP contribution in [0.25, 0.3) is 0 Å². The molecule has 0 amide bonds. The van der Waals surface area contributed by atoms with Crippen LogP contribution < -0.4 is 5.32 Å². The predicted octanol–water partition coefficient (Wildman–Crippen LogP) is 3.15. The van der Waals surface area contributed by atoms with Gasteiger partial charge in [-0.05, 0) is 29.8 Å². The van der Waals surface area contributed by atoms with E-state index in [2.05, 4.69) is 26.2 Å². The highest BCUT2D eigenvalue weighted by molar-refractivity contribution is 9.10. The fraction of sp³-hybridized carbons (Fsp3) is 0.0769. The van der Waals surface area contributed by atoms with Gasteiger partial charge in [0.2, 0.25) is 0 Å². The Bertz CT molecular complexity index is 555. The number of aromatic carboxylic acids is 1. The van der Waals surface area contributed by atoms with Gasteiger partial charge in [0.05, 0.1) is 5.69 Å². The van der Waals surface area contributed by atoms with E-state index >= 15 is 0 Å². The average molecular weight is 307 g/mol.